The molecule has 1 fully saturated rings. The number of halogens is 2. The summed E-state index contributed by atoms with van der Waals surface area (Å²) >= 11 is 11.9. The molecular weight excluding hydrogens is 317 g/mol. The highest BCUT2D eigenvalue weighted by atomic mass is 35.5. The summed E-state index contributed by atoms with van der Waals surface area (Å²) in [6.45, 7) is 2.90. The van der Waals surface area contributed by atoms with Crippen molar-refractivity contribution >= 4 is 33.2 Å². The van der Waals surface area contributed by atoms with Gasteiger partial charge in [0.1, 0.15) is 4.90 Å². The van der Waals surface area contributed by atoms with Crippen LogP contribution in [0.4, 0.5) is 0 Å². The maximum Gasteiger partial charge on any atom is 0.244 e. The van der Waals surface area contributed by atoms with Crippen molar-refractivity contribution in [3.8, 4) is 0 Å². The second-order valence-electron chi connectivity index (χ2n) is 5.15. The molecule has 0 spiro atoms. The topological polar surface area (TPSA) is 37.4 Å². The molecule has 0 aliphatic heterocycles. The average Bonchev–Trinajstić information content (AvgIpc) is 2.37. The van der Waals surface area contributed by atoms with Crippen LogP contribution < -0.4 is 0 Å². The van der Waals surface area contributed by atoms with E-state index in [2.05, 4.69) is 0 Å². The van der Waals surface area contributed by atoms with E-state index < -0.39 is 10.0 Å². The number of rotatable bonds is 6. The Balaban J connectivity index is 2.31. The van der Waals surface area contributed by atoms with Crippen LogP contribution in [0.15, 0.2) is 23.1 Å². The summed E-state index contributed by atoms with van der Waals surface area (Å²) in [4.78, 5) is 0.165. The van der Waals surface area contributed by atoms with Crippen molar-refractivity contribution < 1.29 is 8.42 Å². The summed E-state index contributed by atoms with van der Waals surface area (Å²) in [5.74, 6) is 0.758. The molecule has 0 N–H and O–H groups in total. The molecule has 112 valence electrons. The lowest BCUT2D eigenvalue weighted by Crippen LogP contribution is -2.37. The van der Waals surface area contributed by atoms with Gasteiger partial charge < -0.3 is 0 Å². The Labute approximate surface area is 130 Å². The summed E-state index contributed by atoms with van der Waals surface area (Å²) in [6.07, 6.45) is 3.42. The van der Waals surface area contributed by atoms with Crippen LogP contribution >= 0.6 is 23.2 Å². The molecule has 20 heavy (non-hydrogen) atoms. The van der Waals surface area contributed by atoms with E-state index in [1.54, 1.807) is 18.2 Å². The second kappa shape index (κ2) is 6.65. The van der Waals surface area contributed by atoms with Crippen molar-refractivity contribution in [3.05, 3.63) is 28.8 Å². The highest BCUT2D eigenvalue weighted by Gasteiger charge is 2.30. The Morgan fingerprint density at radius 1 is 1.35 bits per heavy atom. The lowest BCUT2D eigenvalue weighted by molar-refractivity contribution is 0.250. The normalized spacial score (nSPS) is 16.4. The van der Waals surface area contributed by atoms with Gasteiger partial charge in [-0.2, -0.15) is 4.31 Å². The SMILES string of the molecule is CCN(CC1CCC1)S(=O)(=O)c1cc(CCl)ccc1Cl. The number of benzene rings is 1. The third kappa shape index (κ3) is 3.30. The van der Waals surface area contributed by atoms with Gasteiger partial charge in [-0.05, 0) is 36.5 Å². The van der Waals surface area contributed by atoms with Crippen LogP contribution in [0.3, 0.4) is 0 Å². The zero-order chi connectivity index (χ0) is 14.8. The number of sulfonamides is 1. The summed E-state index contributed by atoms with van der Waals surface area (Å²) in [7, 11) is -3.54. The van der Waals surface area contributed by atoms with Crippen LogP contribution in [0.2, 0.25) is 5.02 Å². The van der Waals surface area contributed by atoms with Gasteiger partial charge in [0.2, 0.25) is 10.0 Å². The van der Waals surface area contributed by atoms with Gasteiger partial charge in [-0.15, -0.1) is 11.6 Å². The predicted molar refractivity (Wildman–Crippen MR) is 82.8 cm³/mol. The Morgan fingerprint density at radius 2 is 2.05 bits per heavy atom. The lowest BCUT2D eigenvalue weighted by atomic mass is 9.85. The van der Waals surface area contributed by atoms with Crippen LogP contribution in [-0.2, 0) is 15.9 Å². The van der Waals surface area contributed by atoms with E-state index in [4.69, 9.17) is 23.2 Å². The van der Waals surface area contributed by atoms with Gasteiger partial charge in [-0.1, -0.05) is 31.0 Å². The molecular formula is C14H19Cl2NO2S. The quantitative estimate of drug-likeness (QED) is 0.739. The highest BCUT2D eigenvalue weighted by Crippen LogP contribution is 2.31. The molecule has 0 aromatic heterocycles. The summed E-state index contributed by atoms with van der Waals surface area (Å²) in [6, 6.07) is 4.92. The second-order valence-corrected chi connectivity index (χ2v) is 7.73. The van der Waals surface area contributed by atoms with E-state index in [1.807, 2.05) is 6.92 Å². The summed E-state index contributed by atoms with van der Waals surface area (Å²) < 4.78 is 27.0. The van der Waals surface area contributed by atoms with Crippen molar-refractivity contribution in [2.75, 3.05) is 13.1 Å². The van der Waals surface area contributed by atoms with E-state index >= 15 is 0 Å². The van der Waals surface area contributed by atoms with Gasteiger partial charge in [-0.25, -0.2) is 8.42 Å². The largest absolute Gasteiger partial charge is 0.244 e. The minimum Gasteiger partial charge on any atom is -0.207 e. The Bertz CT molecular complexity index is 571. The molecule has 1 aliphatic carbocycles. The van der Waals surface area contributed by atoms with Crippen LogP contribution in [-0.4, -0.2) is 25.8 Å². The highest BCUT2D eigenvalue weighted by molar-refractivity contribution is 7.89. The van der Waals surface area contributed by atoms with E-state index in [0.717, 1.165) is 18.4 Å². The van der Waals surface area contributed by atoms with Crippen molar-refractivity contribution in [2.24, 2.45) is 5.92 Å². The van der Waals surface area contributed by atoms with Crippen molar-refractivity contribution in [2.45, 2.75) is 37.0 Å². The Hall–Kier alpha value is -0.290. The lowest BCUT2D eigenvalue weighted by Gasteiger charge is -2.31. The first kappa shape index (κ1) is 16.1. The minimum absolute atomic E-state index is 0.165. The number of alkyl halides is 1. The molecule has 2 rings (SSSR count). The molecule has 0 radical (unpaired) electrons. The molecule has 0 atom stereocenters. The van der Waals surface area contributed by atoms with Gasteiger partial charge in [0.25, 0.3) is 0 Å². The number of nitrogens with zero attached hydrogens (tertiary/aromatic N) is 1. The van der Waals surface area contributed by atoms with E-state index in [1.165, 1.54) is 10.7 Å². The van der Waals surface area contributed by atoms with Crippen molar-refractivity contribution in [3.63, 3.8) is 0 Å². The van der Waals surface area contributed by atoms with Crippen LogP contribution in [0, 0.1) is 5.92 Å². The first-order valence-electron chi connectivity index (χ1n) is 6.83. The fourth-order valence-electron chi connectivity index (χ4n) is 2.33. The maximum atomic E-state index is 12.7. The molecule has 0 unspecified atom stereocenters. The van der Waals surface area contributed by atoms with Crippen molar-refractivity contribution in [1.82, 2.24) is 4.31 Å². The van der Waals surface area contributed by atoms with E-state index in [-0.39, 0.29) is 15.8 Å². The van der Waals surface area contributed by atoms with Gasteiger partial charge in [0.15, 0.2) is 0 Å². The van der Waals surface area contributed by atoms with Crippen LogP contribution in [0.1, 0.15) is 31.7 Å². The first-order chi connectivity index (χ1) is 9.48. The van der Waals surface area contributed by atoms with E-state index in [0.29, 0.717) is 19.0 Å². The van der Waals surface area contributed by atoms with Crippen molar-refractivity contribution in [1.29, 1.82) is 0 Å². The fraction of sp³-hybridized carbons (Fsp3) is 0.571. The van der Waals surface area contributed by atoms with Gasteiger partial charge >= 0.3 is 0 Å². The van der Waals surface area contributed by atoms with Gasteiger partial charge in [-0.3, -0.25) is 0 Å². The first-order valence-corrected chi connectivity index (χ1v) is 9.18. The maximum absolute atomic E-state index is 12.7. The Kier molecular flexibility index (Phi) is 5.35. The molecule has 0 amide bonds. The summed E-state index contributed by atoms with van der Waals surface area (Å²) in [5, 5.41) is 0.255. The molecule has 1 saturated carbocycles. The third-order valence-corrected chi connectivity index (χ3v) is 6.54. The molecule has 1 aromatic carbocycles. The number of hydrogen-bond acceptors (Lipinski definition) is 2. The van der Waals surface area contributed by atoms with Crippen LogP contribution in [0.5, 0.6) is 0 Å². The van der Waals surface area contributed by atoms with Crippen LogP contribution in [0.25, 0.3) is 0 Å². The predicted octanol–water partition coefficient (Wildman–Crippen LogP) is 3.89. The fourth-order valence-corrected chi connectivity index (χ4v) is 4.54. The molecule has 0 saturated heterocycles. The zero-order valence-corrected chi connectivity index (χ0v) is 13.8. The van der Waals surface area contributed by atoms with E-state index in [9.17, 15) is 8.42 Å². The third-order valence-electron chi connectivity index (χ3n) is 3.81. The average molecular weight is 336 g/mol. The van der Waals surface area contributed by atoms with Gasteiger partial charge in [0, 0.05) is 19.0 Å². The monoisotopic (exact) mass is 335 g/mol. The Morgan fingerprint density at radius 3 is 2.55 bits per heavy atom. The van der Waals surface area contributed by atoms with Gasteiger partial charge in [0.05, 0.1) is 5.02 Å². The minimum atomic E-state index is -3.54. The number of hydrogen-bond donors (Lipinski definition) is 0. The zero-order valence-electron chi connectivity index (χ0n) is 11.5. The summed E-state index contributed by atoms with van der Waals surface area (Å²) in [5.41, 5.74) is 0.759. The molecule has 6 heteroatoms. The standard InChI is InChI=1S/C14H19Cl2NO2S/c1-2-17(10-11-4-3-5-11)20(18,19)14-8-12(9-15)6-7-13(14)16/h6-8,11H,2-5,9-10H2,1H3. The smallest absolute Gasteiger partial charge is 0.207 e. The molecule has 0 heterocycles. The molecule has 3 nitrogen and oxygen atoms in total. The molecule has 1 aromatic rings. The molecule has 0 bridgehead atoms. The molecule has 1 aliphatic rings.